The molecule has 10 heteroatoms. The van der Waals surface area contributed by atoms with Crippen LogP contribution >= 0.6 is 11.3 Å². The normalized spacial score (nSPS) is 15.7. The minimum Gasteiger partial charge on any atom is -0.497 e. The maximum atomic E-state index is 14.2. The van der Waals surface area contributed by atoms with Gasteiger partial charge in [0, 0.05) is 37.2 Å². The number of amides is 1. The van der Waals surface area contributed by atoms with Crippen LogP contribution in [0.15, 0.2) is 48.5 Å². The van der Waals surface area contributed by atoms with Gasteiger partial charge >= 0.3 is 0 Å². The van der Waals surface area contributed by atoms with E-state index in [1.165, 1.54) is 17.4 Å². The highest BCUT2D eigenvalue weighted by Gasteiger charge is 2.30. The summed E-state index contributed by atoms with van der Waals surface area (Å²) >= 11 is 1.38. The molecule has 1 fully saturated rings. The topological polar surface area (TPSA) is 82.4 Å². The zero-order valence-electron chi connectivity index (χ0n) is 20.3. The van der Waals surface area contributed by atoms with Gasteiger partial charge in [0.2, 0.25) is 0 Å². The van der Waals surface area contributed by atoms with Crippen molar-refractivity contribution in [2.24, 2.45) is 7.05 Å². The third kappa shape index (κ3) is 4.56. The average molecular weight is 508 g/mol. The van der Waals surface area contributed by atoms with Gasteiger partial charge < -0.3 is 14.4 Å². The van der Waals surface area contributed by atoms with Gasteiger partial charge in [-0.25, -0.2) is 4.39 Å². The molecular formula is C26H26FN5O3S. The number of nitrogens with zero attached hydrogens (tertiary/aromatic N) is 5. The SMILES string of the molecule is COc1ccc(OC)c(-c2cc(C(=O)N3CCCC(c4nnc(-c5ccccc5F)s4)C3)n(C)n2)c1. The van der Waals surface area contributed by atoms with Crippen LogP contribution in [0.4, 0.5) is 4.39 Å². The summed E-state index contributed by atoms with van der Waals surface area (Å²) in [5.41, 5.74) is 2.31. The Morgan fingerprint density at radius 2 is 1.92 bits per heavy atom. The molecular weight excluding hydrogens is 481 g/mol. The van der Waals surface area contributed by atoms with Crippen LogP contribution in [0.3, 0.4) is 0 Å². The molecule has 0 N–H and O–H groups in total. The third-order valence-electron chi connectivity index (χ3n) is 6.38. The van der Waals surface area contributed by atoms with Crippen LogP contribution in [-0.4, -0.2) is 58.1 Å². The molecule has 5 rings (SSSR count). The summed E-state index contributed by atoms with van der Waals surface area (Å²) in [4.78, 5) is 15.4. The molecule has 0 aliphatic carbocycles. The van der Waals surface area contributed by atoms with E-state index in [-0.39, 0.29) is 17.6 Å². The summed E-state index contributed by atoms with van der Waals surface area (Å²) in [6, 6.07) is 13.8. The Labute approximate surface area is 212 Å². The lowest BCUT2D eigenvalue weighted by atomic mass is 9.98. The molecule has 1 saturated heterocycles. The molecule has 186 valence electrons. The van der Waals surface area contributed by atoms with Gasteiger partial charge in [-0.05, 0) is 49.2 Å². The van der Waals surface area contributed by atoms with Gasteiger partial charge in [-0.3, -0.25) is 9.48 Å². The van der Waals surface area contributed by atoms with Crippen molar-refractivity contribution in [1.82, 2.24) is 24.9 Å². The van der Waals surface area contributed by atoms with Crippen molar-refractivity contribution in [3.63, 3.8) is 0 Å². The summed E-state index contributed by atoms with van der Waals surface area (Å²) in [6.45, 7) is 1.17. The summed E-state index contributed by atoms with van der Waals surface area (Å²) in [7, 11) is 4.96. The second-order valence-electron chi connectivity index (χ2n) is 8.62. The summed E-state index contributed by atoms with van der Waals surface area (Å²) in [5, 5.41) is 14.5. The molecule has 3 heterocycles. The molecule has 1 amide bonds. The van der Waals surface area contributed by atoms with Crippen molar-refractivity contribution in [2.45, 2.75) is 18.8 Å². The fraction of sp³-hybridized carbons (Fsp3) is 0.308. The molecule has 1 aliphatic heterocycles. The second-order valence-corrected chi connectivity index (χ2v) is 9.63. The van der Waals surface area contributed by atoms with Crippen molar-refractivity contribution < 1.29 is 18.7 Å². The van der Waals surface area contributed by atoms with Crippen molar-refractivity contribution >= 4 is 17.2 Å². The average Bonchev–Trinajstić information content (AvgIpc) is 3.55. The van der Waals surface area contributed by atoms with Crippen LogP contribution in [0.1, 0.15) is 34.3 Å². The number of methoxy groups -OCH3 is 2. The van der Waals surface area contributed by atoms with E-state index in [1.807, 2.05) is 23.1 Å². The number of rotatable bonds is 6. The Hall–Kier alpha value is -3.79. The Morgan fingerprint density at radius 3 is 2.69 bits per heavy atom. The first kappa shape index (κ1) is 23.9. The van der Waals surface area contributed by atoms with Gasteiger partial charge in [0.25, 0.3) is 5.91 Å². The molecule has 0 bridgehead atoms. The zero-order valence-corrected chi connectivity index (χ0v) is 21.1. The van der Waals surface area contributed by atoms with E-state index >= 15 is 0 Å². The van der Waals surface area contributed by atoms with Crippen molar-refractivity contribution in [3.05, 3.63) is 65.0 Å². The van der Waals surface area contributed by atoms with Gasteiger partial charge in [0.15, 0.2) is 5.01 Å². The monoisotopic (exact) mass is 507 g/mol. The summed E-state index contributed by atoms with van der Waals surface area (Å²) < 4.78 is 26.6. The van der Waals surface area contributed by atoms with E-state index in [0.717, 1.165) is 23.4 Å². The first-order valence-corrected chi connectivity index (χ1v) is 12.4. The van der Waals surface area contributed by atoms with E-state index in [2.05, 4.69) is 15.3 Å². The minimum absolute atomic E-state index is 0.0481. The molecule has 36 heavy (non-hydrogen) atoms. The second kappa shape index (κ2) is 10.1. The third-order valence-corrected chi connectivity index (χ3v) is 7.50. The van der Waals surface area contributed by atoms with E-state index in [4.69, 9.17) is 9.47 Å². The quantitative estimate of drug-likeness (QED) is 0.374. The van der Waals surface area contributed by atoms with Gasteiger partial charge in [0.1, 0.15) is 28.0 Å². The van der Waals surface area contributed by atoms with Crippen molar-refractivity contribution in [1.29, 1.82) is 0 Å². The lowest BCUT2D eigenvalue weighted by molar-refractivity contribution is 0.0695. The number of aromatic nitrogens is 4. The zero-order chi connectivity index (χ0) is 25.2. The molecule has 0 radical (unpaired) electrons. The number of aryl methyl sites for hydroxylation is 1. The molecule has 0 spiro atoms. The number of halogens is 1. The largest absolute Gasteiger partial charge is 0.497 e. The predicted molar refractivity (Wildman–Crippen MR) is 135 cm³/mol. The number of ether oxygens (including phenoxy) is 2. The van der Waals surface area contributed by atoms with Gasteiger partial charge in [-0.1, -0.05) is 23.5 Å². The van der Waals surface area contributed by atoms with Crippen molar-refractivity contribution in [2.75, 3.05) is 27.3 Å². The first-order chi connectivity index (χ1) is 17.5. The number of benzene rings is 2. The maximum Gasteiger partial charge on any atom is 0.272 e. The highest BCUT2D eigenvalue weighted by atomic mass is 32.1. The lowest BCUT2D eigenvalue weighted by Gasteiger charge is -2.31. The lowest BCUT2D eigenvalue weighted by Crippen LogP contribution is -2.39. The Balaban J connectivity index is 1.36. The number of carbonyl (C=O) groups is 1. The van der Waals surface area contributed by atoms with Crippen LogP contribution in [-0.2, 0) is 7.05 Å². The fourth-order valence-corrected chi connectivity index (χ4v) is 5.48. The van der Waals surface area contributed by atoms with Gasteiger partial charge in [-0.2, -0.15) is 5.10 Å². The highest BCUT2D eigenvalue weighted by Crippen LogP contribution is 2.35. The van der Waals surface area contributed by atoms with Crippen molar-refractivity contribution in [3.8, 4) is 33.3 Å². The van der Waals surface area contributed by atoms with E-state index in [1.54, 1.807) is 50.2 Å². The molecule has 2 aromatic carbocycles. The number of hydrogen-bond donors (Lipinski definition) is 0. The first-order valence-electron chi connectivity index (χ1n) is 11.6. The smallest absolute Gasteiger partial charge is 0.272 e. The highest BCUT2D eigenvalue weighted by molar-refractivity contribution is 7.14. The molecule has 1 unspecified atom stereocenters. The standard InChI is InChI=1S/C26H26FN5O3S/c1-31-22(14-21(30-31)19-13-17(34-2)10-11-23(19)35-3)26(33)32-12-6-7-16(15-32)24-28-29-25(36-24)18-8-4-5-9-20(18)27/h4-5,8-11,13-14,16H,6-7,12,15H2,1-3H3. The Bertz CT molecular complexity index is 1400. The molecule has 4 aromatic rings. The number of carbonyl (C=O) groups excluding carboxylic acids is 1. The Morgan fingerprint density at radius 1 is 1.08 bits per heavy atom. The van der Waals surface area contributed by atoms with Crippen LogP contribution < -0.4 is 9.47 Å². The van der Waals surface area contributed by atoms with Crippen LogP contribution in [0, 0.1) is 5.82 Å². The summed E-state index contributed by atoms with van der Waals surface area (Å²) in [6.07, 6.45) is 1.74. The minimum atomic E-state index is -0.319. The van der Waals surface area contributed by atoms with E-state index in [9.17, 15) is 9.18 Å². The fourth-order valence-electron chi connectivity index (χ4n) is 4.48. The van der Waals surface area contributed by atoms with Crippen LogP contribution in [0.2, 0.25) is 0 Å². The number of hydrogen-bond acceptors (Lipinski definition) is 7. The van der Waals surface area contributed by atoms with E-state index in [0.29, 0.717) is 46.5 Å². The molecule has 1 aliphatic rings. The summed E-state index contributed by atoms with van der Waals surface area (Å²) in [5.74, 6) is 0.955. The predicted octanol–water partition coefficient (Wildman–Crippen LogP) is 4.78. The van der Waals surface area contributed by atoms with E-state index < -0.39 is 0 Å². The maximum absolute atomic E-state index is 14.2. The molecule has 1 atom stereocenters. The number of likely N-dealkylation sites (tertiary alicyclic amines) is 1. The number of piperidine rings is 1. The van der Waals surface area contributed by atoms with Crippen LogP contribution in [0.25, 0.3) is 21.8 Å². The van der Waals surface area contributed by atoms with Gasteiger partial charge in [0.05, 0.1) is 19.9 Å². The Kier molecular flexibility index (Phi) is 6.69. The molecule has 2 aromatic heterocycles. The van der Waals surface area contributed by atoms with Gasteiger partial charge in [-0.15, -0.1) is 10.2 Å². The molecule has 8 nitrogen and oxygen atoms in total. The van der Waals surface area contributed by atoms with Crippen LogP contribution in [0.5, 0.6) is 11.5 Å². The molecule has 0 saturated carbocycles.